The molecule has 2 nitrogen and oxygen atoms in total. The Morgan fingerprint density at radius 2 is 1.06 bits per heavy atom. The van der Waals surface area contributed by atoms with E-state index in [1.54, 1.807) is 0 Å². The van der Waals surface area contributed by atoms with Gasteiger partial charge in [-0.1, -0.05) is 41.5 Å². The third-order valence-electron chi connectivity index (χ3n) is 2.61. The Balaban J connectivity index is 4.46. The van der Waals surface area contributed by atoms with E-state index in [9.17, 15) is 0 Å². The largest absolute Gasteiger partial charge is 0.313 e. The fourth-order valence-electron chi connectivity index (χ4n) is 2.09. The van der Waals surface area contributed by atoms with Crippen LogP contribution in [0, 0.1) is 24.0 Å². The van der Waals surface area contributed by atoms with Crippen molar-refractivity contribution in [3.05, 3.63) is 22.8 Å². The van der Waals surface area contributed by atoms with Crippen LogP contribution in [0.1, 0.15) is 60.8 Å². The summed E-state index contributed by atoms with van der Waals surface area (Å²) >= 11 is 0. The van der Waals surface area contributed by atoms with Crippen molar-refractivity contribution in [2.45, 2.75) is 72.9 Å². The highest BCUT2D eigenvalue weighted by Gasteiger charge is 2.31. The van der Waals surface area contributed by atoms with Crippen LogP contribution in [0.3, 0.4) is 0 Å². The molecule has 2 atom stereocenters. The maximum atomic E-state index is 7.26. The third-order valence-corrected chi connectivity index (χ3v) is 2.61. The van der Waals surface area contributed by atoms with E-state index in [1.807, 2.05) is 0 Å². The van der Waals surface area contributed by atoms with Crippen molar-refractivity contribution in [2.24, 2.45) is 10.8 Å². The van der Waals surface area contributed by atoms with Gasteiger partial charge in [-0.05, 0) is 10.8 Å². The molecule has 0 aromatic carbocycles. The summed E-state index contributed by atoms with van der Waals surface area (Å²) in [5.41, 5.74) is 0.340. The van der Waals surface area contributed by atoms with Crippen LogP contribution in [0.15, 0.2) is 0 Å². The van der Waals surface area contributed by atoms with Gasteiger partial charge in [-0.25, -0.2) is 13.1 Å². The van der Waals surface area contributed by atoms with Gasteiger partial charge < -0.3 is 9.69 Å². The van der Waals surface area contributed by atoms with E-state index in [4.69, 9.17) is 13.1 Å². The van der Waals surface area contributed by atoms with Crippen molar-refractivity contribution >= 4 is 0 Å². The monoisotopic (exact) mass is 234 g/mol. The summed E-state index contributed by atoms with van der Waals surface area (Å²) in [4.78, 5) is 7.40. The summed E-state index contributed by atoms with van der Waals surface area (Å²) in [6.45, 7) is 27.5. The molecule has 0 radical (unpaired) electrons. The molecule has 2 unspecified atom stereocenters. The lowest BCUT2D eigenvalue weighted by Gasteiger charge is -2.22. The first-order valence-corrected chi connectivity index (χ1v) is 6.30. The molecular formula is C15H26N2. The zero-order chi connectivity index (χ0) is 13.7. The highest BCUT2D eigenvalue weighted by atomic mass is 14.8. The molecule has 0 aliphatic rings. The first-order valence-electron chi connectivity index (χ1n) is 6.30. The van der Waals surface area contributed by atoms with Crippen LogP contribution in [-0.2, 0) is 0 Å². The Morgan fingerprint density at radius 1 is 0.765 bits per heavy atom. The second kappa shape index (κ2) is 6.06. The predicted molar refractivity (Wildman–Crippen MR) is 73.5 cm³/mol. The molecule has 0 saturated carbocycles. The third kappa shape index (κ3) is 8.75. The normalized spacial score (nSPS) is 15.8. The molecule has 0 N–H and O–H groups in total. The fraction of sp³-hybridized carbons (Fsp3) is 0.867. The van der Waals surface area contributed by atoms with Crippen LogP contribution in [0.5, 0.6) is 0 Å². The molecule has 0 spiro atoms. The van der Waals surface area contributed by atoms with Crippen LogP contribution >= 0.6 is 0 Å². The van der Waals surface area contributed by atoms with Gasteiger partial charge in [-0.3, -0.25) is 0 Å². The lowest BCUT2D eigenvalue weighted by Crippen LogP contribution is -2.22. The second-order valence-corrected chi connectivity index (χ2v) is 7.33. The molecular weight excluding hydrogens is 208 g/mol. The summed E-state index contributed by atoms with van der Waals surface area (Å²) < 4.78 is 0. The number of hydrogen-bond acceptors (Lipinski definition) is 0. The summed E-state index contributed by atoms with van der Waals surface area (Å²) in [5.74, 6) is 0. The van der Waals surface area contributed by atoms with Gasteiger partial charge >= 0.3 is 0 Å². The Bertz CT molecular complexity index is 272. The van der Waals surface area contributed by atoms with Crippen LogP contribution in [-0.4, -0.2) is 12.1 Å². The summed E-state index contributed by atoms with van der Waals surface area (Å²) in [6.07, 6.45) is 2.49. The maximum absolute atomic E-state index is 7.26. The second-order valence-electron chi connectivity index (χ2n) is 7.33. The lowest BCUT2D eigenvalue weighted by molar-refractivity contribution is 0.314. The van der Waals surface area contributed by atoms with Gasteiger partial charge in [0.15, 0.2) is 0 Å². The Morgan fingerprint density at radius 3 is 1.24 bits per heavy atom. The highest BCUT2D eigenvalue weighted by Crippen LogP contribution is 2.29. The van der Waals surface area contributed by atoms with E-state index >= 15 is 0 Å². The fourth-order valence-corrected chi connectivity index (χ4v) is 2.09. The van der Waals surface area contributed by atoms with Crippen molar-refractivity contribution in [1.29, 1.82) is 0 Å². The Kier molecular flexibility index (Phi) is 5.70. The molecule has 0 saturated heterocycles. The van der Waals surface area contributed by atoms with Gasteiger partial charge in [0.25, 0.3) is 0 Å². The van der Waals surface area contributed by atoms with Gasteiger partial charge in [-0.15, -0.1) is 0 Å². The van der Waals surface area contributed by atoms with Crippen molar-refractivity contribution < 1.29 is 0 Å². The zero-order valence-electron chi connectivity index (χ0n) is 12.2. The van der Waals surface area contributed by atoms with Crippen LogP contribution < -0.4 is 0 Å². The van der Waals surface area contributed by atoms with E-state index in [0.29, 0.717) is 0 Å². The van der Waals surface area contributed by atoms with E-state index < -0.39 is 0 Å². The number of nitrogens with zero attached hydrogens (tertiary/aromatic N) is 2. The molecule has 0 bridgehead atoms. The molecule has 0 aromatic heterocycles. The molecule has 0 aliphatic heterocycles. The standard InChI is InChI=1S/C15H26N2/c1-14(2,3)10-12(16-7)9-13(17-8)11-15(4,5)6/h12-13H,9-11H2,1-6H3. The van der Waals surface area contributed by atoms with E-state index in [1.165, 1.54) is 0 Å². The molecule has 0 heterocycles. The van der Waals surface area contributed by atoms with Crippen molar-refractivity contribution in [1.82, 2.24) is 0 Å². The minimum absolute atomic E-state index is 0.00329. The van der Waals surface area contributed by atoms with Crippen LogP contribution in [0.25, 0.3) is 9.69 Å². The van der Waals surface area contributed by atoms with Crippen molar-refractivity contribution in [3.8, 4) is 0 Å². The Labute approximate surface area is 107 Å². The van der Waals surface area contributed by atoms with Gasteiger partial charge in [0.1, 0.15) is 0 Å². The predicted octanol–water partition coefficient (Wildman–Crippen LogP) is 4.82. The van der Waals surface area contributed by atoms with Crippen LogP contribution in [0.2, 0.25) is 0 Å². The number of hydrogen-bond donors (Lipinski definition) is 0. The average molecular weight is 234 g/mol. The molecule has 17 heavy (non-hydrogen) atoms. The quantitative estimate of drug-likeness (QED) is 0.616. The summed E-state index contributed by atoms with van der Waals surface area (Å²) in [5, 5.41) is 0. The molecule has 0 aliphatic carbocycles. The maximum Gasteiger partial charge on any atom is 0.231 e. The topological polar surface area (TPSA) is 8.72 Å². The minimum atomic E-state index is -0.00329. The molecule has 2 heteroatoms. The molecule has 0 aromatic rings. The van der Waals surface area contributed by atoms with Crippen LogP contribution in [0.4, 0.5) is 0 Å². The Hall–Kier alpha value is -1.02. The van der Waals surface area contributed by atoms with Gasteiger partial charge in [-0.2, -0.15) is 0 Å². The molecule has 0 rings (SSSR count). The summed E-state index contributed by atoms with van der Waals surface area (Å²) in [7, 11) is 0. The first-order chi connectivity index (χ1) is 7.57. The van der Waals surface area contributed by atoms with Gasteiger partial charge in [0.05, 0.1) is 6.42 Å². The SMILES string of the molecule is [C-]#[N+]C(CC(CC(C)(C)C)[N+]#[C-])CC(C)(C)C. The lowest BCUT2D eigenvalue weighted by atomic mass is 9.82. The van der Waals surface area contributed by atoms with Gasteiger partial charge in [0, 0.05) is 12.8 Å². The van der Waals surface area contributed by atoms with E-state index in [0.717, 1.165) is 19.3 Å². The molecule has 0 amide bonds. The molecule has 96 valence electrons. The highest BCUT2D eigenvalue weighted by molar-refractivity contribution is 4.93. The van der Waals surface area contributed by atoms with Gasteiger partial charge in [0.2, 0.25) is 12.1 Å². The van der Waals surface area contributed by atoms with E-state index in [-0.39, 0.29) is 22.9 Å². The number of rotatable bonds is 4. The average Bonchev–Trinajstić information content (AvgIpc) is 2.11. The minimum Gasteiger partial charge on any atom is -0.313 e. The zero-order valence-corrected chi connectivity index (χ0v) is 12.2. The van der Waals surface area contributed by atoms with Crippen molar-refractivity contribution in [2.75, 3.05) is 0 Å². The van der Waals surface area contributed by atoms with E-state index in [2.05, 4.69) is 51.2 Å². The van der Waals surface area contributed by atoms with Crippen molar-refractivity contribution in [3.63, 3.8) is 0 Å². The molecule has 0 fully saturated rings. The smallest absolute Gasteiger partial charge is 0.231 e. The first kappa shape index (κ1) is 16.0. The summed E-state index contributed by atoms with van der Waals surface area (Å²) in [6, 6.07) is -0.00657.